The average Bonchev–Trinajstić information content (AvgIpc) is 1.84. The van der Waals surface area contributed by atoms with Crippen LogP contribution in [0.2, 0.25) is 0 Å². The van der Waals surface area contributed by atoms with E-state index in [1.54, 1.807) is 0 Å². The zero-order chi connectivity index (χ0) is 7.33. The van der Waals surface area contributed by atoms with Gasteiger partial charge in [0.1, 0.15) is 0 Å². The molecular weight excluding hydrogens is 146 g/mol. The third kappa shape index (κ3) is 6.12. The minimum absolute atomic E-state index is 0. The summed E-state index contributed by atoms with van der Waals surface area (Å²) >= 11 is 0. The molecular formula is C8H18ClN. The van der Waals surface area contributed by atoms with E-state index < -0.39 is 0 Å². The summed E-state index contributed by atoms with van der Waals surface area (Å²) in [5.41, 5.74) is 0. The van der Waals surface area contributed by atoms with Crippen LogP contribution < -0.4 is 12.4 Å². The van der Waals surface area contributed by atoms with Crippen LogP contribution >= 0.6 is 0 Å². The molecule has 0 aromatic rings. The lowest BCUT2D eigenvalue weighted by atomic mass is 10.3. The van der Waals surface area contributed by atoms with Crippen molar-refractivity contribution >= 4 is 0 Å². The highest BCUT2D eigenvalue weighted by molar-refractivity contribution is 4.64. The highest BCUT2D eigenvalue weighted by Gasteiger charge is 2.08. The van der Waals surface area contributed by atoms with Gasteiger partial charge in [-0.25, -0.2) is 0 Å². The molecule has 1 nitrogen and oxygen atoms in total. The van der Waals surface area contributed by atoms with Gasteiger partial charge in [-0.2, -0.15) is 0 Å². The molecule has 0 rings (SSSR count). The maximum atomic E-state index is 3.69. The van der Waals surface area contributed by atoms with Crippen LogP contribution in [0.1, 0.15) is 13.3 Å². The molecule has 0 N–H and O–H groups in total. The molecule has 0 aliphatic carbocycles. The molecule has 0 radical (unpaired) electrons. The molecule has 0 heterocycles. The van der Waals surface area contributed by atoms with E-state index in [1.807, 2.05) is 6.08 Å². The monoisotopic (exact) mass is 163 g/mol. The molecule has 0 spiro atoms. The van der Waals surface area contributed by atoms with Gasteiger partial charge >= 0.3 is 0 Å². The van der Waals surface area contributed by atoms with Crippen molar-refractivity contribution in [3.63, 3.8) is 0 Å². The molecule has 0 atom stereocenters. The molecule has 0 saturated carbocycles. The quantitative estimate of drug-likeness (QED) is 0.356. The Hall–Kier alpha value is -0.0100. The average molecular weight is 164 g/mol. The van der Waals surface area contributed by atoms with Crippen LogP contribution in [-0.4, -0.2) is 31.7 Å². The van der Waals surface area contributed by atoms with Crippen LogP contribution in [-0.2, 0) is 0 Å². The first-order valence-electron chi connectivity index (χ1n) is 3.55. The van der Waals surface area contributed by atoms with Gasteiger partial charge in [-0.3, -0.25) is 0 Å². The molecule has 0 amide bonds. The normalized spacial score (nSPS) is 10.3. The summed E-state index contributed by atoms with van der Waals surface area (Å²) in [5, 5.41) is 0. The second kappa shape index (κ2) is 5.75. The zero-order valence-corrected chi connectivity index (χ0v) is 7.99. The third-order valence-corrected chi connectivity index (χ3v) is 1.79. The van der Waals surface area contributed by atoms with Crippen molar-refractivity contribution < 1.29 is 16.9 Å². The Balaban J connectivity index is 0. The fourth-order valence-electron chi connectivity index (χ4n) is 0.599. The van der Waals surface area contributed by atoms with Crippen molar-refractivity contribution in [2.24, 2.45) is 0 Å². The molecule has 2 heteroatoms. The molecule has 0 bridgehead atoms. The first-order valence-corrected chi connectivity index (χ1v) is 3.55. The van der Waals surface area contributed by atoms with E-state index in [0.717, 1.165) is 10.9 Å². The maximum Gasteiger partial charge on any atom is 0.0817 e. The predicted octanol–water partition coefficient (Wildman–Crippen LogP) is -1.34. The van der Waals surface area contributed by atoms with Gasteiger partial charge < -0.3 is 16.9 Å². The smallest absolute Gasteiger partial charge is 0.0817 e. The van der Waals surface area contributed by atoms with Crippen molar-refractivity contribution in [1.29, 1.82) is 0 Å². The Morgan fingerprint density at radius 1 is 1.40 bits per heavy atom. The second-order valence-electron chi connectivity index (χ2n) is 3.05. The van der Waals surface area contributed by atoms with Crippen LogP contribution in [0, 0.1) is 0 Å². The molecule has 10 heavy (non-hydrogen) atoms. The first kappa shape index (κ1) is 12.6. The van der Waals surface area contributed by atoms with Gasteiger partial charge in [0.15, 0.2) is 0 Å². The van der Waals surface area contributed by atoms with Gasteiger partial charge in [-0.15, -0.1) is 6.58 Å². The molecule has 0 aromatic carbocycles. The number of nitrogens with zero attached hydrogens (tertiary/aromatic N) is 1. The van der Waals surface area contributed by atoms with E-state index in [-0.39, 0.29) is 12.4 Å². The number of hydrogen-bond acceptors (Lipinski definition) is 0. The number of halogens is 1. The fraction of sp³-hybridized carbons (Fsp3) is 0.750. The third-order valence-electron chi connectivity index (χ3n) is 1.79. The first-order chi connectivity index (χ1) is 4.12. The van der Waals surface area contributed by atoms with E-state index in [2.05, 4.69) is 27.6 Å². The summed E-state index contributed by atoms with van der Waals surface area (Å²) in [5.74, 6) is 0. The maximum absolute atomic E-state index is 3.69. The Morgan fingerprint density at radius 2 is 1.90 bits per heavy atom. The second-order valence-corrected chi connectivity index (χ2v) is 3.05. The van der Waals surface area contributed by atoms with Crippen LogP contribution in [0.4, 0.5) is 0 Å². The number of quaternary nitrogens is 1. The Kier molecular flexibility index (Phi) is 7.27. The molecule has 62 valence electrons. The van der Waals surface area contributed by atoms with E-state index in [4.69, 9.17) is 0 Å². The van der Waals surface area contributed by atoms with Gasteiger partial charge in [-0.05, 0) is 6.92 Å². The van der Waals surface area contributed by atoms with Crippen molar-refractivity contribution in [2.45, 2.75) is 13.3 Å². The van der Waals surface area contributed by atoms with Crippen LogP contribution in [0.3, 0.4) is 0 Å². The van der Waals surface area contributed by atoms with E-state index in [9.17, 15) is 0 Å². The van der Waals surface area contributed by atoms with Gasteiger partial charge in [0.05, 0.1) is 27.2 Å². The van der Waals surface area contributed by atoms with Crippen molar-refractivity contribution in [3.8, 4) is 0 Å². The van der Waals surface area contributed by atoms with Gasteiger partial charge in [0, 0.05) is 6.42 Å². The molecule has 0 aliphatic heterocycles. The van der Waals surface area contributed by atoms with E-state index in [1.165, 1.54) is 13.1 Å². The summed E-state index contributed by atoms with van der Waals surface area (Å²) in [6, 6.07) is 0. The van der Waals surface area contributed by atoms with Gasteiger partial charge in [0.25, 0.3) is 0 Å². The minimum atomic E-state index is 0. The standard InChI is InChI=1S/C8H18N.ClH/c1-5-7-8-9(3,4)6-2;/h5H,1,6-8H2,2-4H3;1H/q+1;/p-1. The van der Waals surface area contributed by atoms with Crippen LogP contribution in [0.5, 0.6) is 0 Å². The lowest BCUT2D eigenvalue weighted by Gasteiger charge is -2.27. The predicted molar refractivity (Wildman–Crippen MR) is 42.3 cm³/mol. The number of rotatable bonds is 4. The molecule has 0 aliphatic rings. The fourth-order valence-corrected chi connectivity index (χ4v) is 0.599. The van der Waals surface area contributed by atoms with Crippen molar-refractivity contribution in [3.05, 3.63) is 12.7 Å². The molecule has 0 aromatic heterocycles. The highest BCUT2D eigenvalue weighted by Crippen LogP contribution is 1.97. The Morgan fingerprint density at radius 3 is 2.20 bits per heavy atom. The van der Waals surface area contributed by atoms with Crippen LogP contribution in [0.25, 0.3) is 0 Å². The summed E-state index contributed by atoms with van der Waals surface area (Å²) in [4.78, 5) is 0. The highest BCUT2D eigenvalue weighted by atomic mass is 35.5. The van der Waals surface area contributed by atoms with Crippen LogP contribution in [0.15, 0.2) is 12.7 Å². The summed E-state index contributed by atoms with van der Waals surface area (Å²) < 4.78 is 1.10. The topological polar surface area (TPSA) is 0 Å². The zero-order valence-electron chi connectivity index (χ0n) is 7.23. The number of hydrogen-bond donors (Lipinski definition) is 0. The minimum Gasteiger partial charge on any atom is -1.00 e. The van der Waals surface area contributed by atoms with Crippen molar-refractivity contribution in [1.82, 2.24) is 0 Å². The van der Waals surface area contributed by atoms with Crippen molar-refractivity contribution in [2.75, 3.05) is 27.2 Å². The SMILES string of the molecule is C=CCC[N+](C)(C)CC.[Cl-]. The van der Waals surface area contributed by atoms with Gasteiger partial charge in [-0.1, -0.05) is 6.08 Å². The largest absolute Gasteiger partial charge is 1.00 e. The summed E-state index contributed by atoms with van der Waals surface area (Å²) in [6.45, 7) is 8.31. The molecule has 0 fully saturated rings. The molecule has 0 saturated heterocycles. The lowest BCUT2D eigenvalue weighted by molar-refractivity contribution is -0.888. The van der Waals surface area contributed by atoms with E-state index in [0.29, 0.717) is 0 Å². The Labute approximate surface area is 70.7 Å². The summed E-state index contributed by atoms with van der Waals surface area (Å²) in [6.07, 6.45) is 3.11. The van der Waals surface area contributed by atoms with E-state index >= 15 is 0 Å². The molecule has 0 unspecified atom stereocenters. The Bertz CT molecular complexity index is 89.3. The lowest BCUT2D eigenvalue weighted by Crippen LogP contribution is -3.00. The van der Waals surface area contributed by atoms with Gasteiger partial charge in [0.2, 0.25) is 0 Å². The summed E-state index contributed by atoms with van der Waals surface area (Å²) in [7, 11) is 4.48.